The Morgan fingerprint density at radius 3 is 2.67 bits per heavy atom. The molecule has 1 aliphatic rings. The SMILES string of the molecule is CC[C@H](O)[C@@H]1CCCN1C(=O)CCC(=O)N(C)Cc1ccccc1. The number of aliphatic hydroxyl groups excluding tert-OH is 1. The molecule has 0 bridgehead atoms. The molecule has 0 aromatic heterocycles. The van der Waals surface area contributed by atoms with Crippen molar-refractivity contribution in [3.8, 4) is 0 Å². The van der Waals surface area contributed by atoms with Gasteiger partial charge < -0.3 is 14.9 Å². The monoisotopic (exact) mass is 332 g/mol. The van der Waals surface area contributed by atoms with Crippen molar-refractivity contribution in [2.75, 3.05) is 13.6 Å². The van der Waals surface area contributed by atoms with Crippen molar-refractivity contribution < 1.29 is 14.7 Å². The average molecular weight is 332 g/mol. The third-order valence-electron chi connectivity index (χ3n) is 4.72. The fourth-order valence-corrected chi connectivity index (χ4v) is 3.27. The van der Waals surface area contributed by atoms with E-state index in [1.807, 2.05) is 37.3 Å². The quantitative estimate of drug-likeness (QED) is 0.832. The van der Waals surface area contributed by atoms with Crippen molar-refractivity contribution in [1.82, 2.24) is 9.80 Å². The lowest BCUT2D eigenvalue weighted by atomic mass is 10.1. The van der Waals surface area contributed by atoms with Crippen molar-refractivity contribution >= 4 is 11.8 Å². The number of amides is 2. The van der Waals surface area contributed by atoms with Gasteiger partial charge in [-0.3, -0.25) is 9.59 Å². The summed E-state index contributed by atoms with van der Waals surface area (Å²) in [6, 6.07) is 9.72. The first kappa shape index (κ1) is 18.5. The Balaban J connectivity index is 1.81. The Morgan fingerprint density at radius 2 is 2.00 bits per heavy atom. The summed E-state index contributed by atoms with van der Waals surface area (Å²) in [5.41, 5.74) is 1.07. The first-order valence-electron chi connectivity index (χ1n) is 8.78. The van der Waals surface area contributed by atoms with E-state index in [9.17, 15) is 14.7 Å². The number of nitrogens with zero attached hydrogens (tertiary/aromatic N) is 2. The summed E-state index contributed by atoms with van der Waals surface area (Å²) in [6.07, 6.45) is 2.39. The van der Waals surface area contributed by atoms with Gasteiger partial charge in [-0.1, -0.05) is 37.3 Å². The fraction of sp³-hybridized carbons (Fsp3) is 0.579. The van der Waals surface area contributed by atoms with Crippen LogP contribution in [0.5, 0.6) is 0 Å². The molecular weight excluding hydrogens is 304 g/mol. The van der Waals surface area contributed by atoms with E-state index in [2.05, 4.69) is 0 Å². The van der Waals surface area contributed by atoms with E-state index in [1.165, 1.54) is 0 Å². The Kier molecular flexibility index (Phi) is 6.79. The zero-order valence-corrected chi connectivity index (χ0v) is 14.6. The molecule has 2 rings (SSSR count). The minimum atomic E-state index is -0.465. The highest BCUT2D eigenvalue weighted by atomic mass is 16.3. The van der Waals surface area contributed by atoms with E-state index in [4.69, 9.17) is 0 Å². The van der Waals surface area contributed by atoms with Gasteiger partial charge >= 0.3 is 0 Å². The van der Waals surface area contributed by atoms with Gasteiger partial charge in [-0.2, -0.15) is 0 Å². The van der Waals surface area contributed by atoms with Crippen LogP contribution in [0, 0.1) is 0 Å². The van der Waals surface area contributed by atoms with E-state index < -0.39 is 6.10 Å². The lowest BCUT2D eigenvalue weighted by Crippen LogP contribution is -2.42. The summed E-state index contributed by atoms with van der Waals surface area (Å²) < 4.78 is 0. The van der Waals surface area contributed by atoms with Crippen molar-refractivity contribution in [1.29, 1.82) is 0 Å². The smallest absolute Gasteiger partial charge is 0.223 e. The summed E-state index contributed by atoms with van der Waals surface area (Å²) in [6.45, 7) is 3.16. The summed E-state index contributed by atoms with van der Waals surface area (Å²) in [4.78, 5) is 28.1. The third kappa shape index (κ3) is 4.81. The summed E-state index contributed by atoms with van der Waals surface area (Å²) in [7, 11) is 1.76. The molecule has 0 spiro atoms. The summed E-state index contributed by atoms with van der Waals surface area (Å²) >= 11 is 0. The predicted octanol–water partition coefficient (Wildman–Crippen LogP) is 2.19. The number of carbonyl (C=O) groups excluding carboxylic acids is 2. The minimum Gasteiger partial charge on any atom is -0.391 e. The van der Waals surface area contributed by atoms with Crippen LogP contribution in [0.15, 0.2) is 30.3 Å². The maximum atomic E-state index is 12.4. The van der Waals surface area contributed by atoms with Gasteiger partial charge in [-0.25, -0.2) is 0 Å². The Bertz CT molecular complexity index is 547. The van der Waals surface area contributed by atoms with Crippen LogP contribution in [0.4, 0.5) is 0 Å². The molecule has 2 amide bonds. The van der Waals surface area contributed by atoms with E-state index in [1.54, 1.807) is 16.8 Å². The van der Waals surface area contributed by atoms with Gasteiger partial charge in [0.05, 0.1) is 12.1 Å². The summed E-state index contributed by atoms with van der Waals surface area (Å²) in [5, 5.41) is 10.0. The molecule has 1 aromatic carbocycles. The van der Waals surface area contributed by atoms with Crippen molar-refractivity contribution in [2.24, 2.45) is 0 Å². The first-order chi connectivity index (χ1) is 11.5. The number of benzene rings is 1. The number of rotatable bonds is 7. The van der Waals surface area contributed by atoms with E-state index in [-0.39, 0.29) is 30.7 Å². The van der Waals surface area contributed by atoms with Crippen LogP contribution in [-0.2, 0) is 16.1 Å². The molecule has 0 aliphatic carbocycles. The second kappa shape index (κ2) is 8.83. The third-order valence-corrected chi connectivity index (χ3v) is 4.72. The lowest BCUT2D eigenvalue weighted by molar-refractivity contribution is -0.138. The number of likely N-dealkylation sites (tertiary alicyclic amines) is 1. The maximum Gasteiger partial charge on any atom is 0.223 e. The molecule has 5 nitrogen and oxygen atoms in total. The van der Waals surface area contributed by atoms with Gasteiger partial charge in [0.1, 0.15) is 0 Å². The van der Waals surface area contributed by atoms with Crippen LogP contribution < -0.4 is 0 Å². The molecule has 132 valence electrons. The molecule has 1 heterocycles. The minimum absolute atomic E-state index is 0.0218. The van der Waals surface area contributed by atoms with Gasteiger partial charge in [-0.15, -0.1) is 0 Å². The van der Waals surface area contributed by atoms with E-state index >= 15 is 0 Å². The highest BCUT2D eigenvalue weighted by molar-refractivity contribution is 5.84. The Hall–Kier alpha value is -1.88. The largest absolute Gasteiger partial charge is 0.391 e. The van der Waals surface area contributed by atoms with Gasteiger partial charge in [0.15, 0.2) is 0 Å². The second-order valence-electron chi connectivity index (χ2n) is 6.51. The maximum absolute atomic E-state index is 12.4. The molecule has 1 N–H and O–H groups in total. The standard InChI is InChI=1S/C19H28N2O3/c1-3-17(22)16-10-7-13-21(16)19(24)12-11-18(23)20(2)14-15-8-5-4-6-9-15/h4-6,8-9,16-17,22H,3,7,10-14H2,1-2H3/t16-,17-/m0/s1. The number of hydrogen-bond donors (Lipinski definition) is 1. The van der Waals surface area contributed by atoms with Gasteiger partial charge in [0.25, 0.3) is 0 Å². The number of carbonyl (C=O) groups is 2. The molecule has 5 heteroatoms. The molecule has 0 unspecified atom stereocenters. The summed E-state index contributed by atoms with van der Waals surface area (Å²) in [5.74, 6) is -0.0505. The average Bonchev–Trinajstić information content (AvgIpc) is 3.09. The normalized spacial score (nSPS) is 18.5. The lowest BCUT2D eigenvalue weighted by Gasteiger charge is -2.28. The molecule has 2 atom stereocenters. The Morgan fingerprint density at radius 1 is 1.29 bits per heavy atom. The highest BCUT2D eigenvalue weighted by Crippen LogP contribution is 2.23. The molecule has 0 saturated carbocycles. The fourth-order valence-electron chi connectivity index (χ4n) is 3.27. The molecule has 1 fully saturated rings. The topological polar surface area (TPSA) is 60.9 Å². The van der Waals surface area contributed by atoms with Crippen LogP contribution in [0.2, 0.25) is 0 Å². The second-order valence-corrected chi connectivity index (χ2v) is 6.51. The molecular formula is C19H28N2O3. The first-order valence-corrected chi connectivity index (χ1v) is 8.78. The molecule has 1 saturated heterocycles. The molecule has 1 aliphatic heterocycles. The van der Waals surface area contributed by atoms with Crippen LogP contribution in [0.1, 0.15) is 44.6 Å². The van der Waals surface area contributed by atoms with Crippen LogP contribution in [-0.4, -0.2) is 52.5 Å². The van der Waals surface area contributed by atoms with Crippen molar-refractivity contribution in [3.63, 3.8) is 0 Å². The molecule has 1 aromatic rings. The van der Waals surface area contributed by atoms with Crippen molar-refractivity contribution in [3.05, 3.63) is 35.9 Å². The molecule has 0 radical (unpaired) electrons. The van der Waals surface area contributed by atoms with Gasteiger partial charge in [-0.05, 0) is 24.8 Å². The van der Waals surface area contributed by atoms with Crippen LogP contribution in [0.25, 0.3) is 0 Å². The Labute approximate surface area is 144 Å². The van der Waals surface area contributed by atoms with E-state index in [0.717, 1.165) is 18.4 Å². The zero-order chi connectivity index (χ0) is 17.5. The van der Waals surface area contributed by atoms with Gasteiger partial charge in [0.2, 0.25) is 11.8 Å². The predicted molar refractivity (Wildman–Crippen MR) is 93.2 cm³/mol. The van der Waals surface area contributed by atoms with E-state index in [0.29, 0.717) is 19.5 Å². The highest BCUT2D eigenvalue weighted by Gasteiger charge is 2.32. The number of hydrogen-bond acceptors (Lipinski definition) is 3. The molecule has 24 heavy (non-hydrogen) atoms. The van der Waals surface area contributed by atoms with Crippen molar-refractivity contribution in [2.45, 2.75) is 57.7 Å². The van der Waals surface area contributed by atoms with Gasteiger partial charge in [0, 0.05) is 33.0 Å². The van der Waals surface area contributed by atoms with Crippen LogP contribution >= 0.6 is 0 Å². The van der Waals surface area contributed by atoms with Crippen LogP contribution in [0.3, 0.4) is 0 Å². The number of aliphatic hydroxyl groups is 1. The zero-order valence-electron chi connectivity index (χ0n) is 14.6.